The molecule has 3 heterocycles. The van der Waals surface area contributed by atoms with Crippen LogP contribution in [0.1, 0.15) is 32.3 Å². The van der Waals surface area contributed by atoms with Crippen LogP contribution in [-0.4, -0.2) is 120 Å². The van der Waals surface area contributed by atoms with Gasteiger partial charge in [-0.05, 0) is 72.3 Å². The van der Waals surface area contributed by atoms with Gasteiger partial charge >= 0.3 is 0 Å². The van der Waals surface area contributed by atoms with Crippen LogP contribution in [0.2, 0.25) is 0 Å². The first-order chi connectivity index (χ1) is 28.5. The van der Waals surface area contributed by atoms with E-state index in [1.165, 1.54) is 11.5 Å². The number of methoxy groups -OCH3 is 1. The van der Waals surface area contributed by atoms with Crippen molar-refractivity contribution in [2.45, 2.75) is 51.2 Å². The van der Waals surface area contributed by atoms with Crippen LogP contribution in [0, 0.1) is 5.92 Å². The first kappa shape index (κ1) is 42.8. The molecule has 1 aromatic heterocycles. The van der Waals surface area contributed by atoms with Crippen LogP contribution in [0.25, 0.3) is 10.1 Å². The number of thiocarbonyl (C=S) groups is 1. The lowest BCUT2D eigenvalue weighted by Gasteiger charge is -2.38. The molecule has 0 unspecified atom stereocenters. The molecule has 4 aromatic rings. The molecule has 2 saturated heterocycles. The molecule has 3 atom stereocenters. The smallest absolute Gasteiger partial charge is 0.246 e. The Kier molecular flexibility index (Phi) is 14.7. The Morgan fingerprint density at radius 3 is 2.32 bits per heavy atom. The Morgan fingerprint density at radius 1 is 0.864 bits per heavy atom. The first-order valence-electron chi connectivity index (χ1n) is 19.8. The van der Waals surface area contributed by atoms with E-state index in [0.717, 1.165) is 21.5 Å². The maximum Gasteiger partial charge on any atom is 0.246 e. The van der Waals surface area contributed by atoms with Crippen molar-refractivity contribution < 1.29 is 28.7 Å². The molecular weight excluding hydrogens is 791 g/mol. The molecule has 5 N–H and O–H groups in total. The van der Waals surface area contributed by atoms with Gasteiger partial charge in [0.1, 0.15) is 29.7 Å². The molecule has 5 amide bonds. The molecule has 0 spiro atoms. The summed E-state index contributed by atoms with van der Waals surface area (Å²) in [6, 6.07) is 21.9. The number of nitrogens with one attached hydrogen (secondary N) is 5. The maximum absolute atomic E-state index is 14.0. The SMILES string of the molecule is COc1cccc(NC(=S)NCC(=O)N[C@@H](Cc2ccccc2)C(=O)NCC(=O)N[C@H](C(=O)N2CCC[C@H]2C(=O)N2CCN(c3nsc4ccccc34)CC2)C(C)C)c1. The minimum atomic E-state index is -1.01. The number of fused-ring (bicyclic) bond motifs is 1. The van der Waals surface area contributed by atoms with E-state index in [1.54, 1.807) is 36.3 Å². The summed E-state index contributed by atoms with van der Waals surface area (Å²) in [5.41, 5.74) is 1.47. The highest BCUT2D eigenvalue weighted by Gasteiger charge is 2.41. The minimum absolute atomic E-state index is 0.0867. The Balaban J connectivity index is 1.00. The van der Waals surface area contributed by atoms with Crippen molar-refractivity contribution in [3.05, 3.63) is 84.4 Å². The summed E-state index contributed by atoms with van der Waals surface area (Å²) < 4.78 is 11.0. The normalized spacial score (nSPS) is 16.3. The quantitative estimate of drug-likeness (QED) is 0.111. The second kappa shape index (κ2) is 20.2. The standard InChI is InChI=1S/C42H51N9O6S2/c1-27(2)37(41(56)51-18-10-16-33(51)40(55)50-21-19-49(20-22-50)38-31-15-7-8-17-34(31)59-48-38)47-36(53)25-43-39(54)32(23-28-11-5-4-6-12-28)46-35(52)26-44-42(58)45-29-13-9-14-30(24-29)57-3/h4-9,11-15,17,24,27,32-33,37H,10,16,18-23,25-26H2,1-3H3,(H,43,54)(H,46,52)(H,47,53)(H2,44,45,58)/t32-,33-,37-/m0/s1. The molecule has 0 saturated carbocycles. The molecule has 2 aliphatic heterocycles. The number of anilines is 2. The Bertz CT molecular complexity index is 2130. The first-order valence-corrected chi connectivity index (χ1v) is 21.0. The van der Waals surface area contributed by atoms with E-state index in [0.29, 0.717) is 57.0 Å². The number of hydrogen-bond acceptors (Lipinski definition) is 10. The number of nitrogens with zero attached hydrogens (tertiary/aromatic N) is 4. The van der Waals surface area contributed by atoms with Gasteiger partial charge < -0.3 is 46.0 Å². The van der Waals surface area contributed by atoms with Crippen LogP contribution >= 0.6 is 23.8 Å². The fourth-order valence-corrected chi connectivity index (χ4v) is 8.27. The van der Waals surface area contributed by atoms with Crippen molar-refractivity contribution in [1.82, 2.24) is 35.4 Å². The number of ether oxygens (including phenoxy) is 1. The van der Waals surface area contributed by atoms with E-state index in [2.05, 4.69) is 48.0 Å². The molecule has 59 heavy (non-hydrogen) atoms. The number of piperazine rings is 1. The molecule has 17 heteroatoms. The topological polar surface area (TPSA) is 177 Å². The number of hydrogen-bond donors (Lipinski definition) is 5. The number of likely N-dealkylation sites (tertiary alicyclic amines) is 1. The van der Waals surface area contributed by atoms with Gasteiger partial charge in [-0.25, -0.2) is 0 Å². The second-order valence-electron chi connectivity index (χ2n) is 14.9. The zero-order valence-electron chi connectivity index (χ0n) is 33.4. The fourth-order valence-electron chi connectivity index (χ4n) is 7.29. The molecule has 3 aromatic carbocycles. The zero-order valence-corrected chi connectivity index (χ0v) is 35.1. The van der Waals surface area contributed by atoms with Gasteiger partial charge in [0.15, 0.2) is 5.11 Å². The van der Waals surface area contributed by atoms with Crippen LogP contribution in [0.15, 0.2) is 78.9 Å². The summed E-state index contributed by atoms with van der Waals surface area (Å²) in [6.07, 6.45) is 1.39. The highest BCUT2D eigenvalue weighted by atomic mass is 32.1. The van der Waals surface area contributed by atoms with Gasteiger partial charge in [-0.1, -0.05) is 62.4 Å². The number of amides is 5. The predicted molar refractivity (Wildman–Crippen MR) is 232 cm³/mol. The summed E-state index contributed by atoms with van der Waals surface area (Å²) in [5.74, 6) is -0.771. The molecule has 312 valence electrons. The van der Waals surface area contributed by atoms with Crippen LogP contribution in [-0.2, 0) is 30.4 Å². The van der Waals surface area contributed by atoms with Crippen molar-refractivity contribution in [3.63, 3.8) is 0 Å². The molecule has 2 aliphatic rings. The fraction of sp³-hybridized carbons (Fsp3) is 0.405. The van der Waals surface area contributed by atoms with E-state index < -0.39 is 42.4 Å². The van der Waals surface area contributed by atoms with Crippen LogP contribution in [0.3, 0.4) is 0 Å². The van der Waals surface area contributed by atoms with Crippen LogP contribution < -0.4 is 36.2 Å². The van der Waals surface area contributed by atoms with Gasteiger partial charge in [0.2, 0.25) is 29.5 Å². The van der Waals surface area contributed by atoms with Gasteiger partial charge in [0, 0.05) is 56.3 Å². The summed E-state index contributed by atoms with van der Waals surface area (Å²) >= 11 is 6.81. The third kappa shape index (κ3) is 11.2. The highest BCUT2D eigenvalue weighted by Crippen LogP contribution is 2.30. The van der Waals surface area contributed by atoms with Crippen molar-refractivity contribution in [3.8, 4) is 5.75 Å². The van der Waals surface area contributed by atoms with Crippen molar-refractivity contribution in [2.24, 2.45) is 5.92 Å². The van der Waals surface area contributed by atoms with Gasteiger partial charge in [-0.3, -0.25) is 24.0 Å². The summed E-state index contributed by atoms with van der Waals surface area (Å²) in [5, 5.41) is 15.3. The zero-order chi connectivity index (χ0) is 41.9. The maximum atomic E-state index is 14.0. The van der Waals surface area contributed by atoms with Crippen molar-refractivity contribution >= 4 is 80.0 Å². The van der Waals surface area contributed by atoms with Crippen molar-refractivity contribution in [2.75, 3.05) is 63.1 Å². The Hall–Kier alpha value is -5.81. The summed E-state index contributed by atoms with van der Waals surface area (Å²) in [6.45, 7) is 5.74. The Morgan fingerprint density at radius 2 is 1.58 bits per heavy atom. The van der Waals surface area contributed by atoms with Gasteiger partial charge in [0.05, 0.1) is 24.9 Å². The third-order valence-corrected chi connectivity index (χ3v) is 11.5. The number of benzene rings is 3. The lowest BCUT2D eigenvalue weighted by molar-refractivity contribution is -0.146. The summed E-state index contributed by atoms with van der Waals surface area (Å²) in [4.78, 5) is 73.4. The van der Waals surface area contributed by atoms with E-state index in [9.17, 15) is 24.0 Å². The monoisotopic (exact) mass is 841 g/mol. The average molecular weight is 842 g/mol. The Labute approximate surface area is 353 Å². The summed E-state index contributed by atoms with van der Waals surface area (Å²) in [7, 11) is 1.56. The van der Waals surface area contributed by atoms with Crippen LogP contribution in [0.5, 0.6) is 5.75 Å². The van der Waals surface area contributed by atoms with Crippen molar-refractivity contribution in [1.29, 1.82) is 0 Å². The third-order valence-electron chi connectivity index (χ3n) is 10.4. The predicted octanol–water partition coefficient (Wildman–Crippen LogP) is 2.92. The number of carbonyl (C=O) groups is 5. The minimum Gasteiger partial charge on any atom is -0.497 e. The van der Waals surface area contributed by atoms with Gasteiger partial charge in [0.25, 0.3) is 0 Å². The lowest BCUT2D eigenvalue weighted by atomic mass is 10.0. The van der Waals surface area contributed by atoms with E-state index in [-0.39, 0.29) is 35.8 Å². The molecule has 0 radical (unpaired) electrons. The lowest BCUT2D eigenvalue weighted by Crippen LogP contribution is -2.58. The largest absolute Gasteiger partial charge is 0.497 e. The number of aromatic nitrogens is 1. The molecular formula is C42H51N9O6S2. The van der Waals surface area contributed by atoms with E-state index in [4.69, 9.17) is 17.0 Å². The molecule has 15 nitrogen and oxygen atoms in total. The highest BCUT2D eigenvalue weighted by molar-refractivity contribution is 7.80. The average Bonchev–Trinajstić information content (AvgIpc) is 3.92. The number of carbonyl (C=O) groups excluding carboxylic acids is 5. The van der Waals surface area contributed by atoms with E-state index >= 15 is 0 Å². The molecule has 6 rings (SSSR count). The second-order valence-corrected chi connectivity index (χ2v) is 16.1. The van der Waals surface area contributed by atoms with Crippen LogP contribution in [0.4, 0.5) is 11.5 Å². The molecule has 0 aliphatic carbocycles. The molecule has 0 bridgehead atoms. The van der Waals surface area contributed by atoms with E-state index in [1.807, 2.05) is 61.2 Å². The molecule has 2 fully saturated rings. The van der Waals surface area contributed by atoms with Gasteiger partial charge in [-0.15, -0.1) is 0 Å². The van der Waals surface area contributed by atoms with Gasteiger partial charge in [-0.2, -0.15) is 4.37 Å². The number of rotatable bonds is 15.